The van der Waals surface area contributed by atoms with Gasteiger partial charge in [0.2, 0.25) is 0 Å². The van der Waals surface area contributed by atoms with Crippen LogP contribution in [-0.4, -0.2) is 16.0 Å². The third-order valence-electron chi connectivity index (χ3n) is 1.25. The maximum Gasteiger partial charge on any atom is 0.288 e. The summed E-state index contributed by atoms with van der Waals surface area (Å²) in [6.07, 6.45) is 0. The second-order valence-electron chi connectivity index (χ2n) is 2.29. The first-order valence-corrected chi connectivity index (χ1v) is 4.36. The number of hydrogen-bond donors (Lipinski definition) is 3. The molecule has 0 radical (unpaired) electrons. The summed E-state index contributed by atoms with van der Waals surface area (Å²) in [6.45, 7) is 0. The molecule has 1 rings (SSSR count). The van der Waals surface area contributed by atoms with E-state index >= 15 is 0 Å². The standard InChI is InChI=1S/C7H7ClN4OS/c8-5-3-1-2-4(10-5)6(13)11-12-7(9)14/h1-3H,(H,11,13)(H3,9,12,14). The molecule has 0 aromatic carbocycles. The molecule has 74 valence electrons. The van der Waals surface area contributed by atoms with Crippen molar-refractivity contribution in [2.45, 2.75) is 0 Å². The number of nitrogens with zero attached hydrogens (tertiary/aromatic N) is 1. The fourth-order valence-corrected chi connectivity index (χ4v) is 0.932. The van der Waals surface area contributed by atoms with Crippen LogP contribution in [0.1, 0.15) is 10.5 Å². The highest BCUT2D eigenvalue weighted by atomic mass is 35.5. The summed E-state index contributed by atoms with van der Waals surface area (Å²) >= 11 is 10.1. The Morgan fingerprint density at radius 1 is 1.50 bits per heavy atom. The fraction of sp³-hybridized carbons (Fsp3) is 0. The van der Waals surface area contributed by atoms with Crippen molar-refractivity contribution in [1.82, 2.24) is 15.8 Å². The lowest BCUT2D eigenvalue weighted by atomic mass is 10.3. The third kappa shape index (κ3) is 3.15. The lowest BCUT2D eigenvalue weighted by Crippen LogP contribution is -2.44. The molecule has 0 aliphatic rings. The predicted octanol–water partition coefficient (Wildman–Crippen LogP) is 0.213. The van der Waals surface area contributed by atoms with Gasteiger partial charge in [-0.3, -0.25) is 15.6 Å². The van der Waals surface area contributed by atoms with Crippen LogP contribution in [0.3, 0.4) is 0 Å². The van der Waals surface area contributed by atoms with Crippen LogP contribution in [0.15, 0.2) is 18.2 Å². The van der Waals surface area contributed by atoms with Crippen LogP contribution >= 0.6 is 23.8 Å². The van der Waals surface area contributed by atoms with E-state index in [9.17, 15) is 4.79 Å². The zero-order valence-corrected chi connectivity index (χ0v) is 8.52. The first kappa shape index (κ1) is 10.7. The largest absolute Gasteiger partial charge is 0.375 e. The lowest BCUT2D eigenvalue weighted by molar-refractivity contribution is 0.0939. The van der Waals surface area contributed by atoms with Crippen molar-refractivity contribution in [2.24, 2.45) is 5.73 Å². The zero-order chi connectivity index (χ0) is 10.6. The van der Waals surface area contributed by atoms with Crippen LogP contribution in [0.2, 0.25) is 5.15 Å². The Morgan fingerprint density at radius 2 is 2.21 bits per heavy atom. The molecule has 0 saturated heterocycles. The molecule has 1 aromatic heterocycles. The SMILES string of the molecule is NC(=S)NNC(=O)c1cccc(Cl)n1. The van der Waals surface area contributed by atoms with E-state index in [4.69, 9.17) is 17.3 Å². The van der Waals surface area contributed by atoms with E-state index in [2.05, 4.69) is 28.1 Å². The van der Waals surface area contributed by atoms with E-state index in [1.165, 1.54) is 6.07 Å². The Morgan fingerprint density at radius 3 is 2.79 bits per heavy atom. The highest BCUT2D eigenvalue weighted by Gasteiger charge is 2.06. The maximum absolute atomic E-state index is 11.3. The van der Waals surface area contributed by atoms with Gasteiger partial charge in [0.1, 0.15) is 10.8 Å². The Hall–Kier alpha value is -1.40. The molecular weight excluding hydrogens is 224 g/mol. The van der Waals surface area contributed by atoms with Gasteiger partial charge in [0, 0.05) is 0 Å². The minimum absolute atomic E-state index is 0.0274. The third-order valence-corrected chi connectivity index (χ3v) is 1.56. The van der Waals surface area contributed by atoms with Crippen molar-refractivity contribution in [1.29, 1.82) is 0 Å². The van der Waals surface area contributed by atoms with Gasteiger partial charge < -0.3 is 5.73 Å². The number of rotatable bonds is 1. The molecule has 14 heavy (non-hydrogen) atoms. The van der Waals surface area contributed by atoms with Crippen LogP contribution in [0, 0.1) is 0 Å². The van der Waals surface area contributed by atoms with Gasteiger partial charge in [-0.15, -0.1) is 0 Å². The molecule has 0 fully saturated rings. The zero-order valence-electron chi connectivity index (χ0n) is 6.95. The number of nitrogens with one attached hydrogen (secondary N) is 2. The second-order valence-corrected chi connectivity index (χ2v) is 3.12. The number of carbonyl (C=O) groups excluding carboxylic acids is 1. The van der Waals surface area contributed by atoms with Crippen molar-refractivity contribution in [3.05, 3.63) is 29.0 Å². The molecule has 0 atom stereocenters. The second kappa shape index (κ2) is 4.73. The van der Waals surface area contributed by atoms with E-state index in [0.717, 1.165) is 0 Å². The molecule has 1 heterocycles. The normalized spacial score (nSPS) is 9.21. The number of thiocarbonyl (C=S) groups is 1. The fourth-order valence-electron chi connectivity index (χ4n) is 0.717. The number of nitrogens with two attached hydrogens (primary N) is 1. The summed E-state index contributed by atoms with van der Waals surface area (Å²) in [5, 5.41) is 0.216. The number of hydrazine groups is 1. The van der Waals surface area contributed by atoms with E-state index in [1.54, 1.807) is 12.1 Å². The van der Waals surface area contributed by atoms with Gasteiger partial charge in [0.25, 0.3) is 5.91 Å². The molecule has 0 saturated carbocycles. The Balaban J connectivity index is 2.65. The summed E-state index contributed by atoms with van der Waals surface area (Å²) in [7, 11) is 0. The van der Waals surface area contributed by atoms with Crippen LogP contribution < -0.4 is 16.6 Å². The minimum Gasteiger partial charge on any atom is -0.375 e. The molecule has 1 aromatic rings. The number of carbonyl (C=O) groups is 1. The molecule has 4 N–H and O–H groups in total. The van der Waals surface area contributed by atoms with Crippen LogP contribution in [-0.2, 0) is 0 Å². The topological polar surface area (TPSA) is 80.0 Å². The van der Waals surface area contributed by atoms with Gasteiger partial charge in [-0.2, -0.15) is 0 Å². The average Bonchev–Trinajstić information content (AvgIpc) is 2.14. The van der Waals surface area contributed by atoms with Crippen molar-refractivity contribution in [2.75, 3.05) is 0 Å². The van der Waals surface area contributed by atoms with Gasteiger partial charge in [0.15, 0.2) is 5.11 Å². The van der Waals surface area contributed by atoms with Crippen LogP contribution in [0.25, 0.3) is 0 Å². The average molecular weight is 231 g/mol. The van der Waals surface area contributed by atoms with Crippen LogP contribution in [0.4, 0.5) is 0 Å². The maximum atomic E-state index is 11.3. The van der Waals surface area contributed by atoms with Gasteiger partial charge in [-0.05, 0) is 24.4 Å². The quantitative estimate of drug-likeness (QED) is 0.365. The van der Waals surface area contributed by atoms with Gasteiger partial charge in [0.05, 0.1) is 0 Å². The summed E-state index contributed by atoms with van der Waals surface area (Å²) in [4.78, 5) is 15.1. The molecule has 0 aliphatic carbocycles. The van der Waals surface area contributed by atoms with E-state index in [0.29, 0.717) is 0 Å². The molecule has 7 heteroatoms. The van der Waals surface area contributed by atoms with Crippen molar-refractivity contribution < 1.29 is 4.79 Å². The first-order chi connectivity index (χ1) is 6.59. The molecule has 0 spiro atoms. The molecular formula is C7H7ClN4OS. The molecule has 5 nitrogen and oxygen atoms in total. The highest BCUT2D eigenvalue weighted by molar-refractivity contribution is 7.80. The van der Waals surface area contributed by atoms with Crippen molar-refractivity contribution >= 4 is 34.8 Å². The first-order valence-electron chi connectivity index (χ1n) is 3.58. The van der Waals surface area contributed by atoms with Crippen molar-refractivity contribution in [3.8, 4) is 0 Å². The molecule has 0 aliphatic heterocycles. The van der Waals surface area contributed by atoms with Crippen LogP contribution in [0.5, 0.6) is 0 Å². The summed E-state index contributed by atoms with van der Waals surface area (Å²) < 4.78 is 0. The van der Waals surface area contributed by atoms with Crippen molar-refractivity contribution in [3.63, 3.8) is 0 Å². The van der Waals surface area contributed by atoms with Gasteiger partial charge >= 0.3 is 0 Å². The summed E-state index contributed by atoms with van der Waals surface area (Å²) in [5.41, 5.74) is 9.83. The number of hydrogen-bond acceptors (Lipinski definition) is 3. The smallest absolute Gasteiger partial charge is 0.288 e. The Bertz CT molecular complexity index is 370. The van der Waals surface area contributed by atoms with E-state index in [-0.39, 0.29) is 16.0 Å². The molecule has 0 unspecified atom stereocenters. The monoisotopic (exact) mass is 230 g/mol. The number of amides is 1. The van der Waals surface area contributed by atoms with Gasteiger partial charge in [-0.1, -0.05) is 17.7 Å². The van der Waals surface area contributed by atoms with E-state index < -0.39 is 5.91 Å². The highest BCUT2D eigenvalue weighted by Crippen LogP contribution is 2.04. The number of aromatic nitrogens is 1. The minimum atomic E-state index is -0.458. The Kier molecular flexibility index (Phi) is 3.61. The summed E-state index contributed by atoms with van der Waals surface area (Å²) in [5.74, 6) is -0.458. The van der Waals surface area contributed by atoms with E-state index in [1.807, 2.05) is 0 Å². The van der Waals surface area contributed by atoms with Gasteiger partial charge in [-0.25, -0.2) is 4.98 Å². The lowest BCUT2D eigenvalue weighted by Gasteiger charge is -2.05. The molecule has 1 amide bonds. The Labute approximate surface area is 90.6 Å². The number of halogens is 1. The number of pyridine rings is 1. The predicted molar refractivity (Wildman–Crippen MR) is 56.6 cm³/mol. The molecule has 0 bridgehead atoms. The summed E-state index contributed by atoms with van der Waals surface area (Å²) in [6, 6.07) is 4.70.